The average Bonchev–Trinajstić information content (AvgIpc) is 3.47. The van der Waals surface area contributed by atoms with Crippen LogP contribution in [-0.4, -0.2) is 69.3 Å². The van der Waals surface area contributed by atoms with Crippen LogP contribution in [0, 0.1) is 0 Å². The van der Waals surface area contributed by atoms with Crippen molar-refractivity contribution < 1.29 is 27.5 Å². The molecule has 2 amide bonds. The van der Waals surface area contributed by atoms with Crippen LogP contribution in [0.2, 0.25) is 0 Å². The van der Waals surface area contributed by atoms with Gasteiger partial charge in [0.05, 0.1) is 11.4 Å². The van der Waals surface area contributed by atoms with Crippen molar-refractivity contribution >= 4 is 27.5 Å². The Morgan fingerprint density at radius 1 is 1.00 bits per heavy atom. The Bertz CT molecular complexity index is 1230. The van der Waals surface area contributed by atoms with E-state index in [1.165, 1.54) is 0 Å². The molecule has 4 rings (SSSR count). The Morgan fingerprint density at radius 3 is 2.36 bits per heavy atom. The number of carbonyl (C=O) groups excluding carboxylic acids is 2. The summed E-state index contributed by atoms with van der Waals surface area (Å²) in [5.74, 6) is 0.175. The number of hydrogen-bond acceptors (Lipinski definition) is 6. The first kappa shape index (κ1) is 28.7. The number of rotatable bonds is 12. The van der Waals surface area contributed by atoms with E-state index in [0.717, 1.165) is 35.6 Å². The van der Waals surface area contributed by atoms with Crippen LogP contribution in [0.15, 0.2) is 48.5 Å². The number of carbonyl (C=O) groups is 2. The Morgan fingerprint density at radius 2 is 1.69 bits per heavy atom. The normalized spacial score (nSPS) is 15.9. The SMILES string of the molecule is CCC(C(=O)NC1CCCC1)N(CCc1ccccc1)C(=O)CN(c1ccc2c(c1)OCCO2)S(=O)(=O)CC. The standard InChI is InChI=1S/C29H39N3O6S/c1-3-25(29(34)30-23-12-8-9-13-23)31(17-16-22-10-6-5-7-11-22)28(33)21-32(39(35,36)4-2)24-14-15-26-27(20-24)38-19-18-37-26/h5-7,10-11,14-15,20,23,25H,3-4,8-9,12-13,16-19,21H2,1-2H3,(H,30,34). The van der Waals surface area contributed by atoms with E-state index in [1.54, 1.807) is 30.0 Å². The lowest BCUT2D eigenvalue weighted by atomic mass is 10.1. The zero-order chi connectivity index (χ0) is 27.8. The molecule has 0 radical (unpaired) electrons. The topological polar surface area (TPSA) is 105 Å². The van der Waals surface area contributed by atoms with E-state index in [0.29, 0.717) is 49.8 Å². The number of nitrogens with zero attached hydrogens (tertiary/aromatic N) is 2. The summed E-state index contributed by atoms with van der Waals surface area (Å²) < 4.78 is 38.8. The molecule has 2 aliphatic rings. The lowest BCUT2D eigenvalue weighted by Gasteiger charge is -2.34. The van der Waals surface area contributed by atoms with Crippen LogP contribution in [0.25, 0.3) is 0 Å². The molecule has 1 atom stereocenters. The predicted octanol–water partition coefficient (Wildman–Crippen LogP) is 3.52. The van der Waals surface area contributed by atoms with Gasteiger partial charge < -0.3 is 19.7 Å². The highest BCUT2D eigenvalue weighted by molar-refractivity contribution is 7.92. The van der Waals surface area contributed by atoms with Crippen LogP contribution < -0.4 is 19.1 Å². The van der Waals surface area contributed by atoms with Crippen molar-refractivity contribution in [1.29, 1.82) is 0 Å². The van der Waals surface area contributed by atoms with Gasteiger partial charge in [0.2, 0.25) is 21.8 Å². The molecule has 9 nitrogen and oxygen atoms in total. The Hall–Kier alpha value is -3.27. The minimum Gasteiger partial charge on any atom is -0.486 e. The summed E-state index contributed by atoms with van der Waals surface area (Å²) in [6.45, 7) is 4.07. The average molecular weight is 558 g/mol. The van der Waals surface area contributed by atoms with Crippen LogP contribution in [-0.2, 0) is 26.0 Å². The third-order valence-corrected chi connectivity index (χ3v) is 9.11. The molecule has 2 aromatic rings. The van der Waals surface area contributed by atoms with Gasteiger partial charge in [-0.1, -0.05) is 50.1 Å². The third kappa shape index (κ3) is 7.23. The summed E-state index contributed by atoms with van der Waals surface area (Å²) >= 11 is 0. The smallest absolute Gasteiger partial charge is 0.244 e. The summed E-state index contributed by atoms with van der Waals surface area (Å²) in [4.78, 5) is 28.9. The molecule has 1 unspecified atom stereocenters. The van der Waals surface area contributed by atoms with Crippen LogP contribution in [0.3, 0.4) is 0 Å². The number of ether oxygens (including phenoxy) is 2. The lowest BCUT2D eigenvalue weighted by molar-refractivity contribution is -0.139. The highest BCUT2D eigenvalue weighted by Gasteiger charge is 2.33. The fourth-order valence-electron chi connectivity index (χ4n) is 5.17. The van der Waals surface area contributed by atoms with Gasteiger partial charge in [-0.3, -0.25) is 13.9 Å². The van der Waals surface area contributed by atoms with Crippen molar-refractivity contribution in [2.45, 2.75) is 64.5 Å². The fraction of sp³-hybridized carbons (Fsp3) is 0.517. The molecule has 1 saturated carbocycles. The zero-order valence-electron chi connectivity index (χ0n) is 22.8. The molecule has 0 bridgehead atoms. The van der Waals surface area contributed by atoms with E-state index in [4.69, 9.17) is 9.47 Å². The number of benzene rings is 2. The summed E-state index contributed by atoms with van der Waals surface area (Å²) in [5.41, 5.74) is 1.35. The maximum absolute atomic E-state index is 13.9. The molecule has 1 N–H and O–H groups in total. The van der Waals surface area contributed by atoms with Gasteiger partial charge in [-0.25, -0.2) is 8.42 Å². The lowest BCUT2D eigenvalue weighted by Crippen LogP contribution is -2.54. The van der Waals surface area contributed by atoms with Gasteiger partial charge >= 0.3 is 0 Å². The third-order valence-electron chi connectivity index (χ3n) is 7.36. The van der Waals surface area contributed by atoms with Crippen LogP contribution in [0.5, 0.6) is 11.5 Å². The second kappa shape index (κ2) is 13.2. The molecule has 0 saturated heterocycles. The van der Waals surface area contributed by atoms with Gasteiger partial charge in [-0.05, 0) is 50.3 Å². The molecule has 1 aliphatic carbocycles. The summed E-state index contributed by atoms with van der Waals surface area (Å²) in [5, 5.41) is 3.13. The minimum absolute atomic E-state index is 0.118. The molecule has 1 aliphatic heterocycles. The van der Waals surface area contributed by atoms with E-state index in [9.17, 15) is 18.0 Å². The maximum Gasteiger partial charge on any atom is 0.244 e. The Labute approximate surface area is 231 Å². The Kier molecular flexibility index (Phi) is 9.72. The number of hydrogen-bond donors (Lipinski definition) is 1. The van der Waals surface area contributed by atoms with Gasteiger partial charge in [0.15, 0.2) is 11.5 Å². The van der Waals surface area contributed by atoms with Gasteiger partial charge in [0.25, 0.3) is 0 Å². The second-order valence-electron chi connectivity index (χ2n) is 9.97. The van der Waals surface area contributed by atoms with E-state index in [1.807, 2.05) is 37.3 Å². The number of fused-ring (bicyclic) bond motifs is 1. The first-order valence-electron chi connectivity index (χ1n) is 13.9. The van der Waals surface area contributed by atoms with E-state index < -0.39 is 28.5 Å². The molecule has 212 valence electrons. The quantitative estimate of drug-likeness (QED) is 0.428. The van der Waals surface area contributed by atoms with Gasteiger partial charge in [0.1, 0.15) is 25.8 Å². The molecular formula is C29H39N3O6S. The molecule has 1 fully saturated rings. The highest BCUT2D eigenvalue weighted by atomic mass is 32.2. The van der Waals surface area contributed by atoms with Crippen LogP contribution in [0.4, 0.5) is 5.69 Å². The Balaban J connectivity index is 1.61. The minimum atomic E-state index is -3.82. The molecule has 1 heterocycles. The van der Waals surface area contributed by atoms with Crippen molar-refractivity contribution in [3.05, 3.63) is 54.1 Å². The van der Waals surface area contributed by atoms with Gasteiger partial charge in [0, 0.05) is 18.7 Å². The molecule has 39 heavy (non-hydrogen) atoms. The van der Waals surface area contributed by atoms with Crippen molar-refractivity contribution in [2.75, 3.05) is 36.4 Å². The first-order valence-corrected chi connectivity index (χ1v) is 15.5. The second-order valence-corrected chi connectivity index (χ2v) is 12.2. The monoisotopic (exact) mass is 557 g/mol. The van der Waals surface area contributed by atoms with Crippen LogP contribution >= 0.6 is 0 Å². The number of amides is 2. The highest BCUT2D eigenvalue weighted by Crippen LogP contribution is 2.35. The van der Waals surface area contributed by atoms with Crippen molar-refractivity contribution in [2.24, 2.45) is 0 Å². The van der Waals surface area contributed by atoms with E-state index in [-0.39, 0.29) is 17.7 Å². The predicted molar refractivity (Wildman–Crippen MR) is 151 cm³/mol. The molecular weight excluding hydrogens is 518 g/mol. The van der Waals surface area contributed by atoms with Crippen molar-refractivity contribution in [3.8, 4) is 11.5 Å². The summed E-state index contributed by atoms with van der Waals surface area (Å²) in [7, 11) is -3.82. The molecule has 2 aromatic carbocycles. The molecule has 0 aromatic heterocycles. The first-order chi connectivity index (χ1) is 18.8. The zero-order valence-corrected chi connectivity index (χ0v) is 23.6. The van der Waals surface area contributed by atoms with Gasteiger partial charge in [-0.15, -0.1) is 0 Å². The van der Waals surface area contributed by atoms with Crippen molar-refractivity contribution in [1.82, 2.24) is 10.2 Å². The van der Waals surface area contributed by atoms with Gasteiger partial charge in [-0.2, -0.15) is 0 Å². The van der Waals surface area contributed by atoms with E-state index in [2.05, 4.69) is 5.32 Å². The van der Waals surface area contributed by atoms with Crippen molar-refractivity contribution in [3.63, 3.8) is 0 Å². The van der Waals surface area contributed by atoms with Crippen LogP contribution in [0.1, 0.15) is 51.5 Å². The number of nitrogens with one attached hydrogen (secondary N) is 1. The fourth-order valence-corrected chi connectivity index (χ4v) is 6.22. The number of sulfonamides is 1. The summed E-state index contributed by atoms with van der Waals surface area (Å²) in [6, 6.07) is 14.0. The number of anilines is 1. The summed E-state index contributed by atoms with van der Waals surface area (Å²) in [6.07, 6.45) is 5.00. The van der Waals surface area contributed by atoms with E-state index >= 15 is 0 Å². The molecule has 0 spiro atoms. The largest absolute Gasteiger partial charge is 0.486 e. The molecule has 10 heteroatoms. The maximum atomic E-state index is 13.9.